The fourth-order valence-corrected chi connectivity index (χ4v) is 8.19. The first-order valence-electron chi connectivity index (χ1n) is 12.3. The van der Waals surface area contributed by atoms with Crippen LogP contribution in [0.15, 0.2) is 6.33 Å². The first kappa shape index (κ1) is 29.7. The third kappa shape index (κ3) is 6.35. The number of aromatic nitrogens is 4. The van der Waals surface area contributed by atoms with Gasteiger partial charge < -0.3 is 43.8 Å². The van der Waals surface area contributed by atoms with Crippen LogP contribution >= 0.6 is 26.8 Å². The van der Waals surface area contributed by atoms with Crippen LogP contribution in [0.3, 0.4) is 0 Å². The van der Waals surface area contributed by atoms with E-state index in [0.29, 0.717) is 12.1 Å². The number of anilines is 1. The van der Waals surface area contributed by atoms with Crippen molar-refractivity contribution in [1.29, 1.82) is 0 Å². The molecule has 222 valence electrons. The number of rotatable bonds is 8. The summed E-state index contributed by atoms with van der Waals surface area (Å²) < 4.78 is 40.2. The molecule has 0 aromatic carbocycles. The molecule has 2 aromatic heterocycles. The summed E-state index contributed by atoms with van der Waals surface area (Å²) in [6, 6.07) is 0.732. The molecule has 17 nitrogen and oxygen atoms in total. The average molecular weight is 627 g/mol. The highest BCUT2D eigenvalue weighted by Crippen LogP contribution is 2.55. The fourth-order valence-electron chi connectivity index (χ4n) is 5.46. The molecule has 20 heteroatoms. The molecule has 0 saturated carbocycles. The Hall–Kier alpha value is -1.75. The maximum Gasteiger partial charge on any atom is 0.413 e. The summed E-state index contributed by atoms with van der Waals surface area (Å²) in [6.07, 6.45) is -2.11. The summed E-state index contributed by atoms with van der Waals surface area (Å²) in [5.74, 6) is -1.48. The average Bonchev–Trinajstić information content (AvgIpc) is 3.42. The van der Waals surface area contributed by atoms with E-state index in [2.05, 4.69) is 32.2 Å². The predicted molar refractivity (Wildman–Crippen MR) is 137 cm³/mol. The van der Waals surface area contributed by atoms with Gasteiger partial charge in [-0.05, 0) is 31.5 Å². The van der Waals surface area contributed by atoms with Crippen molar-refractivity contribution in [3.05, 3.63) is 11.6 Å². The van der Waals surface area contributed by atoms with Crippen LogP contribution in [0.1, 0.15) is 31.9 Å². The normalized spacial score (nSPS) is 32.3. The molecular weight excluding hydrogens is 598 g/mol. The predicted octanol–water partition coefficient (Wildman–Crippen LogP) is 0.610. The van der Waals surface area contributed by atoms with Crippen LogP contribution in [0.5, 0.6) is 0 Å². The number of carbonyl (C=O) groups is 1. The van der Waals surface area contributed by atoms with Gasteiger partial charge in [-0.2, -0.15) is 9.97 Å². The molecule has 5 heterocycles. The van der Waals surface area contributed by atoms with Gasteiger partial charge in [0.05, 0.1) is 12.9 Å². The zero-order valence-electron chi connectivity index (χ0n) is 21.1. The van der Waals surface area contributed by atoms with E-state index in [0.717, 1.165) is 25.7 Å². The lowest BCUT2D eigenvalue weighted by molar-refractivity contribution is -0.0483. The minimum absolute atomic E-state index is 0.0276. The Labute approximate surface area is 232 Å². The third-order valence-corrected chi connectivity index (χ3v) is 11.0. The van der Waals surface area contributed by atoms with Gasteiger partial charge in [-0.15, -0.1) is 0 Å². The van der Waals surface area contributed by atoms with Gasteiger partial charge in [-0.25, -0.2) is 9.78 Å². The van der Waals surface area contributed by atoms with Crippen molar-refractivity contribution in [3.8, 4) is 0 Å². The molecule has 6 N–H and O–H groups in total. The summed E-state index contributed by atoms with van der Waals surface area (Å²) in [6.45, 7) is -0.762. The van der Waals surface area contributed by atoms with E-state index in [-0.39, 0.29) is 28.4 Å². The Morgan fingerprint density at radius 2 is 1.85 bits per heavy atom. The number of amides is 1. The van der Waals surface area contributed by atoms with Crippen LogP contribution in [0.4, 0.5) is 10.6 Å². The summed E-state index contributed by atoms with van der Waals surface area (Å²) in [4.78, 5) is 54.9. The van der Waals surface area contributed by atoms with Gasteiger partial charge >= 0.3 is 21.3 Å². The van der Waals surface area contributed by atoms with E-state index in [1.54, 1.807) is 0 Å². The van der Waals surface area contributed by atoms with E-state index in [4.69, 9.17) is 35.4 Å². The Kier molecular flexibility index (Phi) is 8.29. The number of aliphatic hydroxyl groups excluding tert-OH is 2. The minimum atomic E-state index is -4.86. The van der Waals surface area contributed by atoms with Crippen molar-refractivity contribution >= 4 is 49.9 Å². The smallest absolute Gasteiger partial charge is 0.413 e. The first-order chi connectivity index (χ1) is 18.7. The molecule has 3 saturated heterocycles. The molecule has 8 atom stereocenters. The topological polar surface area (TPSA) is 239 Å². The molecule has 4 unspecified atom stereocenters. The molecule has 2 aromatic rings. The molecule has 0 aliphatic carbocycles. The van der Waals surface area contributed by atoms with E-state index >= 15 is 0 Å². The second-order valence-corrected chi connectivity index (χ2v) is 14.5. The maximum absolute atomic E-state index is 12.7. The Balaban J connectivity index is 1.28. The van der Waals surface area contributed by atoms with Gasteiger partial charge in [-0.3, -0.25) is 19.0 Å². The zero-order valence-corrected chi connectivity index (χ0v) is 23.6. The Morgan fingerprint density at radius 1 is 1.18 bits per heavy atom. The number of imidazole rings is 1. The fraction of sp³-hybridized carbons (Fsp3) is 0.700. The number of fused-ring (bicyclic) bond motifs is 3. The highest BCUT2D eigenvalue weighted by Gasteiger charge is 2.46. The van der Waals surface area contributed by atoms with Crippen molar-refractivity contribution in [1.82, 2.24) is 24.4 Å². The number of halogens is 1. The number of hydrogen-bond donors (Lipinski definition) is 6. The van der Waals surface area contributed by atoms with Gasteiger partial charge in [-0.1, -0.05) is 0 Å². The lowest BCUT2D eigenvalue weighted by atomic mass is 10.0. The van der Waals surface area contributed by atoms with Crippen molar-refractivity contribution in [3.63, 3.8) is 0 Å². The van der Waals surface area contributed by atoms with Crippen LogP contribution < -0.4 is 5.32 Å². The number of aliphatic hydroxyl groups is 2. The van der Waals surface area contributed by atoms with Gasteiger partial charge in [0.15, 0.2) is 29.1 Å². The molecule has 3 aliphatic heterocycles. The molecule has 3 fully saturated rings. The lowest BCUT2D eigenvalue weighted by Gasteiger charge is -2.35. The van der Waals surface area contributed by atoms with E-state index in [1.165, 1.54) is 10.9 Å². The second kappa shape index (κ2) is 11.2. The molecule has 40 heavy (non-hydrogen) atoms. The highest BCUT2D eigenvalue weighted by atomic mass is 35.5. The molecular formula is C20H29ClN6O11P2. The standard InChI is InChI=1S/C20H29ClN6O11P2/c1-26-9-2-3-10(26)5-11(4-9)37-20(30)24-16-13-17(25-19(21)23-16)27(7-22-13)18-15(29)14(28)12(38-18)6-36-40(34,35)8-39(31,32)33/h7,9-12,14-15,18,28-29H,2-6,8H2,1H3,(H,34,35)(H2,31,32,33)(H,23,24,25,30)/t9-,10+,11?,12-,14?,15?,18-/m1/s1. The lowest BCUT2D eigenvalue weighted by Crippen LogP contribution is -2.43. The molecule has 0 radical (unpaired) electrons. The summed E-state index contributed by atoms with van der Waals surface area (Å²) in [7, 11) is -7.51. The number of nitrogens with zero attached hydrogens (tertiary/aromatic N) is 5. The monoisotopic (exact) mass is 626 g/mol. The first-order valence-corrected chi connectivity index (χ1v) is 16.3. The van der Waals surface area contributed by atoms with E-state index in [9.17, 15) is 29.0 Å². The molecule has 2 bridgehead atoms. The van der Waals surface area contributed by atoms with Gasteiger partial charge in [0.25, 0.3) is 0 Å². The van der Waals surface area contributed by atoms with Gasteiger partial charge in [0, 0.05) is 24.9 Å². The van der Waals surface area contributed by atoms with Crippen LogP contribution in [0.2, 0.25) is 5.28 Å². The third-order valence-electron chi connectivity index (χ3n) is 7.36. The van der Waals surface area contributed by atoms with Gasteiger partial charge in [0.1, 0.15) is 24.4 Å². The molecule has 0 spiro atoms. The Morgan fingerprint density at radius 3 is 2.50 bits per heavy atom. The number of nitrogens with one attached hydrogen (secondary N) is 1. The summed E-state index contributed by atoms with van der Waals surface area (Å²) in [5, 5.41) is 23.3. The van der Waals surface area contributed by atoms with E-state index in [1.807, 2.05) is 0 Å². The largest absolute Gasteiger partial charge is 0.446 e. The van der Waals surface area contributed by atoms with Crippen molar-refractivity contribution in [2.24, 2.45) is 0 Å². The maximum atomic E-state index is 12.7. The molecule has 1 amide bonds. The van der Waals surface area contributed by atoms with Crippen LogP contribution in [0.25, 0.3) is 11.2 Å². The quantitative estimate of drug-likeness (QED) is 0.174. The van der Waals surface area contributed by atoms with Crippen molar-refractivity contribution in [2.45, 2.75) is 68.4 Å². The number of carbonyl (C=O) groups excluding carboxylic acids is 1. The molecule has 3 aliphatic rings. The SMILES string of the molecule is CN1[C@@H]2CC[C@H]1CC(OC(=O)Nc1nc(Cl)nc3c1ncn3[C@@H]1O[C@H](COP(=O)(O)CP(=O)(O)O)C(O)C1O)C2. The zero-order chi connectivity index (χ0) is 29.0. The van der Waals surface area contributed by atoms with Crippen LogP contribution in [0, 0.1) is 0 Å². The number of ether oxygens (including phenoxy) is 2. The second-order valence-electron chi connectivity index (χ2n) is 10.1. The Bertz CT molecular complexity index is 1360. The van der Waals surface area contributed by atoms with Crippen molar-refractivity contribution < 1.29 is 52.8 Å². The molecule has 5 rings (SSSR count). The van der Waals surface area contributed by atoms with E-state index < -0.39 is 58.3 Å². The number of piperidine rings is 1. The summed E-state index contributed by atoms with van der Waals surface area (Å²) in [5.41, 5.74) is 0.107. The highest BCUT2D eigenvalue weighted by molar-refractivity contribution is 7.70. The minimum Gasteiger partial charge on any atom is -0.446 e. The van der Waals surface area contributed by atoms with Crippen LogP contribution in [-0.2, 0) is 23.1 Å². The van der Waals surface area contributed by atoms with Crippen LogP contribution in [-0.4, -0.2) is 111 Å². The van der Waals surface area contributed by atoms with Crippen molar-refractivity contribution in [2.75, 3.05) is 24.9 Å². The van der Waals surface area contributed by atoms with Gasteiger partial charge in [0.2, 0.25) is 5.28 Å². The number of hydrogen-bond acceptors (Lipinski definition) is 12. The summed E-state index contributed by atoms with van der Waals surface area (Å²) >= 11 is 6.09.